The van der Waals surface area contributed by atoms with Crippen LogP contribution >= 0.6 is 24.0 Å². The van der Waals surface area contributed by atoms with Crippen molar-refractivity contribution < 1.29 is 5.11 Å². The third-order valence-electron chi connectivity index (χ3n) is 6.15. The topological polar surface area (TPSA) is 68.9 Å². The summed E-state index contributed by atoms with van der Waals surface area (Å²) in [5, 5.41) is 18.4. The van der Waals surface area contributed by atoms with E-state index in [1.54, 1.807) is 0 Å². The third-order valence-corrected chi connectivity index (χ3v) is 6.15. The normalized spacial score (nSPS) is 20.3. The van der Waals surface area contributed by atoms with E-state index in [9.17, 15) is 5.11 Å². The van der Waals surface area contributed by atoms with Gasteiger partial charge < -0.3 is 15.3 Å². The zero-order valence-electron chi connectivity index (χ0n) is 18.6. The van der Waals surface area contributed by atoms with Gasteiger partial charge in [-0.25, -0.2) is 0 Å². The number of β-amino-alcohol motifs (C(OH)–C–C–N with tert-alkyl or cyclic N) is 1. The van der Waals surface area contributed by atoms with E-state index < -0.39 is 6.10 Å². The van der Waals surface area contributed by atoms with Gasteiger partial charge >= 0.3 is 0 Å². The molecule has 31 heavy (non-hydrogen) atoms. The van der Waals surface area contributed by atoms with E-state index in [0.29, 0.717) is 19.0 Å². The van der Waals surface area contributed by atoms with Crippen LogP contribution in [0.2, 0.25) is 0 Å². The summed E-state index contributed by atoms with van der Waals surface area (Å²) in [5.74, 6) is 1.40. The van der Waals surface area contributed by atoms with Gasteiger partial charge in [0, 0.05) is 58.4 Å². The molecule has 2 atom stereocenters. The molecule has 0 aliphatic carbocycles. The van der Waals surface area contributed by atoms with Crippen molar-refractivity contribution in [2.75, 3.05) is 39.3 Å². The molecular weight excluding hydrogens is 503 g/mol. The molecule has 4 rings (SSSR count). The Bertz CT molecular complexity index is 869. The standard InChI is InChI=1S/C23H34N6O.HI/c1-3-24-23(29-11-9-20(16-29)21-12-26-27(2)14-21)25-13-22(30)17-28-10-8-18-6-4-5-7-19(18)15-28;/h4-7,12,14,20,22,30H,3,8-11,13,15-17H2,1-2H3,(H,24,25);1H. The van der Waals surface area contributed by atoms with Crippen LogP contribution in [0.4, 0.5) is 0 Å². The number of aliphatic hydroxyl groups excluding tert-OH is 1. The van der Waals surface area contributed by atoms with Crippen LogP contribution in [0.3, 0.4) is 0 Å². The highest BCUT2D eigenvalue weighted by atomic mass is 127. The molecule has 0 saturated carbocycles. The van der Waals surface area contributed by atoms with Gasteiger partial charge in [-0.2, -0.15) is 5.10 Å². The van der Waals surface area contributed by atoms with E-state index >= 15 is 0 Å². The molecule has 1 aromatic heterocycles. The van der Waals surface area contributed by atoms with Crippen molar-refractivity contribution in [2.45, 2.75) is 38.3 Å². The van der Waals surface area contributed by atoms with Crippen molar-refractivity contribution >= 4 is 29.9 Å². The number of aliphatic hydroxyl groups is 1. The minimum absolute atomic E-state index is 0. The summed E-state index contributed by atoms with van der Waals surface area (Å²) in [6, 6.07) is 8.62. The van der Waals surface area contributed by atoms with Crippen LogP contribution in [0.25, 0.3) is 0 Å². The molecule has 0 radical (unpaired) electrons. The molecule has 0 amide bonds. The highest BCUT2D eigenvalue weighted by Crippen LogP contribution is 2.26. The first-order chi connectivity index (χ1) is 14.6. The number of guanidine groups is 1. The fourth-order valence-corrected chi connectivity index (χ4v) is 4.56. The van der Waals surface area contributed by atoms with E-state index in [4.69, 9.17) is 4.99 Å². The number of aryl methyl sites for hydroxylation is 1. The second-order valence-corrected chi connectivity index (χ2v) is 8.48. The number of hydrogen-bond donors (Lipinski definition) is 2. The molecule has 170 valence electrons. The van der Waals surface area contributed by atoms with Crippen LogP contribution in [0.1, 0.15) is 36.0 Å². The minimum Gasteiger partial charge on any atom is -0.390 e. The Kier molecular flexibility index (Phi) is 8.74. The van der Waals surface area contributed by atoms with Crippen LogP contribution in [0.5, 0.6) is 0 Å². The van der Waals surface area contributed by atoms with Crippen molar-refractivity contribution in [3.63, 3.8) is 0 Å². The predicted molar refractivity (Wildman–Crippen MR) is 135 cm³/mol. The quantitative estimate of drug-likeness (QED) is 0.336. The molecule has 2 aliphatic heterocycles. The molecule has 3 heterocycles. The fourth-order valence-electron chi connectivity index (χ4n) is 4.56. The third kappa shape index (κ3) is 6.20. The van der Waals surface area contributed by atoms with Crippen LogP contribution < -0.4 is 5.32 Å². The van der Waals surface area contributed by atoms with E-state index in [0.717, 1.165) is 51.5 Å². The van der Waals surface area contributed by atoms with E-state index in [1.165, 1.54) is 16.7 Å². The summed E-state index contributed by atoms with van der Waals surface area (Å²) >= 11 is 0. The number of benzene rings is 1. The Labute approximate surface area is 202 Å². The Morgan fingerprint density at radius 2 is 2.10 bits per heavy atom. The van der Waals surface area contributed by atoms with Crippen molar-refractivity contribution in [2.24, 2.45) is 12.0 Å². The first-order valence-electron chi connectivity index (χ1n) is 11.1. The Morgan fingerprint density at radius 3 is 2.84 bits per heavy atom. The van der Waals surface area contributed by atoms with Gasteiger partial charge in [-0.1, -0.05) is 24.3 Å². The van der Waals surface area contributed by atoms with Gasteiger partial charge in [0.2, 0.25) is 0 Å². The monoisotopic (exact) mass is 538 g/mol. The van der Waals surface area contributed by atoms with E-state index in [1.807, 2.05) is 17.9 Å². The van der Waals surface area contributed by atoms with Crippen LogP contribution in [-0.2, 0) is 20.0 Å². The highest BCUT2D eigenvalue weighted by molar-refractivity contribution is 14.0. The first kappa shape index (κ1) is 24.0. The zero-order valence-corrected chi connectivity index (χ0v) is 20.9. The number of fused-ring (bicyclic) bond motifs is 1. The average molecular weight is 538 g/mol. The van der Waals surface area contributed by atoms with Gasteiger partial charge in [-0.3, -0.25) is 14.6 Å². The maximum atomic E-state index is 10.6. The molecule has 2 unspecified atom stereocenters. The molecule has 1 fully saturated rings. The molecular formula is C23H35IN6O. The molecule has 1 saturated heterocycles. The smallest absolute Gasteiger partial charge is 0.194 e. The van der Waals surface area contributed by atoms with Crippen molar-refractivity contribution in [1.29, 1.82) is 0 Å². The lowest BCUT2D eigenvalue weighted by molar-refractivity contribution is 0.111. The number of nitrogens with one attached hydrogen (secondary N) is 1. The largest absolute Gasteiger partial charge is 0.390 e. The van der Waals surface area contributed by atoms with Gasteiger partial charge in [0.05, 0.1) is 18.8 Å². The number of rotatable bonds is 6. The van der Waals surface area contributed by atoms with Crippen LogP contribution in [0.15, 0.2) is 41.7 Å². The SMILES string of the molecule is CCNC(=NCC(O)CN1CCc2ccccc2C1)N1CCC(c2cnn(C)c2)C1.I. The van der Waals surface area contributed by atoms with Gasteiger partial charge in [-0.15, -0.1) is 24.0 Å². The summed E-state index contributed by atoms with van der Waals surface area (Å²) in [5.41, 5.74) is 4.11. The lowest BCUT2D eigenvalue weighted by atomic mass is 10.00. The van der Waals surface area contributed by atoms with Crippen molar-refractivity contribution in [1.82, 2.24) is 24.9 Å². The van der Waals surface area contributed by atoms with Crippen molar-refractivity contribution in [3.05, 3.63) is 53.3 Å². The fraction of sp³-hybridized carbons (Fsp3) is 0.565. The number of likely N-dealkylation sites (tertiary alicyclic amines) is 1. The number of nitrogens with zero attached hydrogens (tertiary/aromatic N) is 5. The molecule has 0 spiro atoms. The number of aliphatic imine (C=N–C) groups is 1. The summed E-state index contributed by atoms with van der Waals surface area (Å²) in [6.45, 7) is 7.83. The van der Waals surface area contributed by atoms with E-state index in [2.05, 4.69) is 57.6 Å². The lowest BCUT2D eigenvalue weighted by Crippen LogP contribution is -2.41. The molecule has 2 aliphatic rings. The predicted octanol–water partition coefficient (Wildman–Crippen LogP) is 2.21. The molecule has 2 aromatic rings. The second kappa shape index (κ2) is 11.3. The summed E-state index contributed by atoms with van der Waals surface area (Å²) in [6.07, 6.45) is 5.78. The summed E-state index contributed by atoms with van der Waals surface area (Å²) < 4.78 is 1.87. The van der Waals surface area contributed by atoms with Crippen LogP contribution in [-0.4, -0.2) is 76.0 Å². The molecule has 7 nitrogen and oxygen atoms in total. The van der Waals surface area contributed by atoms with Crippen molar-refractivity contribution in [3.8, 4) is 0 Å². The number of halogens is 1. The Balaban J connectivity index is 0.00000272. The van der Waals surface area contributed by atoms with Crippen LogP contribution in [0, 0.1) is 0 Å². The molecule has 8 heteroatoms. The Hall–Kier alpha value is -1.65. The van der Waals surface area contributed by atoms with Gasteiger partial charge in [0.1, 0.15) is 0 Å². The first-order valence-corrected chi connectivity index (χ1v) is 11.1. The highest BCUT2D eigenvalue weighted by Gasteiger charge is 2.27. The Morgan fingerprint density at radius 1 is 1.29 bits per heavy atom. The maximum Gasteiger partial charge on any atom is 0.194 e. The summed E-state index contributed by atoms with van der Waals surface area (Å²) in [7, 11) is 1.96. The van der Waals surface area contributed by atoms with Gasteiger partial charge in [0.15, 0.2) is 5.96 Å². The molecule has 0 bridgehead atoms. The van der Waals surface area contributed by atoms with Gasteiger partial charge in [0.25, 0.3) is 0 Å². The average Bonchev–Trinajstić information content (AvgIpc) is 3.40. The zero-order chi connectivity index (χ0) is 20.9. The maximum absolute atomic E-state index is 10.6. The molecule has 1 aromatic carbocycles. The number of hydrogen-bond acceptors (Lipinski definition) is 4. The van der Waals surface area contributed by atoms with Gasteiger partial charge in [-0.05, 0) is 36.5 Å². The number of aromatic nitrogens is 2. The minimum atomic E-state index is -0.458. The van der Waals surface area contributed by atoms with E-state index in [-0.39, 0.29) is 24.0 Å². The summed E-state index contributed by atoms with van der Waals surface area (Å²) in [4.78, 5) is 9.42. The molecule has 2 N–H and O–H groups in total. The lowest BCUT2D eigenvalue weighted by Gasteiger charge is -2.30. The second-order valence-electron chi connectivity index (χ2n) is 8.48.